The Morgan fingerprint density at radius 3 is 2.78 bits per heavy atom. The number of benzene rings is 1. The van der Waals surface area contributed by atoms with Gasteiger partial charge in [0.1, 0.15) is 17.7 Å². The van der Waals surface area contributed by atoms with Gasteiger partial charge in [0, 0.05) is 18.0 Å². The number of nitrogen functional groups attached to an aromatic ring is 1. The number of hydrogen-bond donors (Lipinski definition) is 2. The summed E-state index contributed by atoms with van der Waals surface area (Å²) in [4.78, 5) is 38.8. The number of nitrogens with one attached hydrogen (secondary N) is 1. The number of hydrogen-bond acceptors (Lipinski definition) is 6. The molecule has 4 atom stereocenters. The number of nitrogens with zero attached hydrogens (tertiary/aromatic N) is 4. The number of halogens is 2. The van der Waals surface area contributed by atoms with Gasteiger partial charge in [0.05, 0.1) is 23.8 Å². The van der Waals surface area contributed by atoms with E-state index in [1.807, 2.05) is 0 Å². The zero-order valence-corrected chi connectivity index (χ0v) is 17.9. The lowest BCUT2D eigenvalue weighted by atomic mass is 9.76. The first-order valence-corrected chi connectivity index (χ1v) is 11.0. The Kier molecular flexibility index (Phi) is 5.28. The summed E-state index contributed by atoms with van der Waals surface area (Å²) in [6, 6.07) is 4.69. The van der Waals surface area contributed by atoms with E-state index in [2.05, 4.69) is 20.3 Å². The number of ketones is 1. The van der Waals surface area contributed by atoms with Gasteiger partial charge >= 0.3 is 0 Å². The molecule has 2 fully saturated rings. The fourth-order valence-corrected chi connectivity index (χ4v) is 5.60. The molecule has 0 aliphatic heterocycles. The second-order valence-electron chi connectivity index (χ2n) is 8.59. The lowest BCUT2D eigenvalue weighted by Crippen LogP contribution is -2.42. The van der Waals surface area contributed by atoms with Gasteiger partial charge in [-0.25, -0.2) is 19.3 Å². The number of aromatic nitrogens is 4. The minimum absolute atomic E-state index is 0.0155. The van der Waals surface area contributed by atoms with E-state index < -0.39 is 11.7 Å². The lowest BCUT2D eigenvalue weighted by molar-refractivity contribution is -0.136. The Hall–Kier alpha value is -3.07. The van der Waals surface area contributed by atoms with Crippen LogP contribution in [0.2, 0.25) is 5.02 Å². The molecule has 2 saturated carbocycles. The van der Waals surface area contributed by atoms with Crippen LogP contribution >= 0.6 is 11.6 Å². The van der Waals surface area contributed by atoms with Crippen molar-refractivity contribution in [3.05, 3.63) is 47.3 Å². The SMILES string of the molecule is Nc1ncnc2c1ncn2CC(=O)C1[C@@H]2CC[C@@H](C2)[C@H]1C(=O)NCc1cccc(Cl)c1F. The summed E-state index contributed by atoms with van der Waals surface area (Å²) >= 11 is 5.83. The fourth-order valence-electron chi connectivity index (χ4n) is 5.40. The first-order chi connectivity index (χ1) is 15.4. The molecule has 10 heteroatoms. The Balaban J connectivity index is 1.33. The summed E-state index contributed by atoms with van der Waals surface area (Å²) in [6.45, 7) is 0.0932. The molecule has 166 valence electrons. The van der Waals surface area contributed by atoms with Gasteiger partial charge in [-0.05, 0) is 37.2 Å². The molecule has 2 aliphatic rings. The van der Waals surface area contributed by atoms with E-state index in [9.17, 15) is 14.0 Å². The molecule has 1 aromatic carbocycles. The fraction of sp³-hybridized carbons (Fsp3) is 0.409. The quantitative estimate of drug-likeness (QED) is 0.589. The number of Topliss-reactive ketones (excluding diaryl/α,β-unsaturated/α-hetero) is 1. The van der Waals surface area contributed by atoms with Crippen molar-refractivity contribution in [2.24, 2.45) is 23.7 Å². The number of imidazole rings is 1. The van der Waals surface area contributed by atoms with Crippen LogP contribution in [-0.4, -0.2) is 31.2 Å². The highest BCUT2D eigenvalue weighted by Crippen LogP contribution is 2.52. The molecule has 0 radical (unpaired) electrons. The maximum atomic E-state index is 14.2. The average molecular weight is 457 g/mol. The van der Waals surface area contributed by atoms with Crippen molar-refractivity contribution < 1.29 is 14.0 Å². The van der Waals surface area contributed by atoms with E-state index >= 15 is 0 Å². The summed E-state index contributed by atoms with van der Waals surface area (Å²) in [5, 5.41) is 2.84. The molecular formula is C22H22ClFN6O2. The molecule has 32 heavy (non-hydrogen) atoms. The average Bonchev–Trinajstić information content (AvgIpc) is 3.50. The van der Waals surface area contributed by atoms with Crippen molar-refractivity contribution in [2.75, 3.05) is 5.73 Å². The Labute approximate surface area is 188 Å². The number of nitrogens with two attached hydrogens (primary N) is 1. The highest BCUT2D eigenvalue weighted by Gasteiger charge is 2.53. The normalized spacial score (nSPS) is 24.2. The first-order valence-electron chi connectivity index (χ1n) is 10.6. The van der Waals surface area contributed by atoms with Crippen molar-refractivity contribution in [1.82, 2.24) is 24.8 Å². The van der Waals surface area contributed by atoms with Crippen LogP contribution in [0.15, 0.2) is 30.9 Å². The molecule has 3 N–H and O–H groups in total. The summed E-state index contributed by atoms with van der Waals surface area (Å²) in [5.41, 5.74) is 7.10. The topological polar surface area (TPSA) is 116 Å². The Bertz CT molecular complexity index is 1210. The third-order valence-electron chi connectivity index (χ3n) is 6.83. The van der Waals surface area contributed by atoms with Crippen LogP contribution in [0.1, 0.15) is 24.8 Å². The summed E-state index contributed by atoms with van der Waals surface area (Å²) in [7, 11) is 0. The van der Waals surface area contributed by atoms with Gasteiger partial charge in [-0.15, -0.1) is 0 Å². The van der Waals surface area contributed by atoms with Gasteiger partial charge < -0.3 is 15.6 Å². The van der Waals surface area contributed by atoms with Crippen LogP contribution in [0.4, 0.5) is 10.2 Å². The smallest absolute Gasteiger partial charge is 0.224 e. The second-order valence-corrected chi connectivity index (χ2v) is 8.99. The van der Waals surface area contributed by atoms with E-state index in [4.69, 9.17) is 17.3 Å². The summed E-state index contributed by atoms with van der Waals surface area (Å²) in [6.07, 6.45) is 5.59. The maximum absolute atomic E-state index is 14.2. The van der Waals surface area contributed by atoms with Crippen LogP contribution < -0.4 is 11.1 Å². The Morgan fingerprint density at radius 2 is 1.97 bits per heavy atom. The zero-order valence-electron chi connectivity index (χ0n) is 17.2. The van der Waals surface area contributed by atoms with Gasteiger partial charge in [-0.1, -0.05) is 23.7 Å². The predicted octanol–water partition coefficient (Wildman–Crippen LogP) is 2.75. The molecule has 2 aromatic heterocycles. The van der Waals surface area contributed by atoms with Gasteiger partial charge in [0.15, 0.2) is 17.2 Å². The molecule has 0 saturated heterocycles. The first kappa shape index (κ1) is 20.8. The minimum atomic E-state index is -0.539. The highest BCUT2D eigenvalue weighted by atomic mass is 35.5. The van der Waals surface area contributed by atoms with Crippen LogP contribution in [-0.2, 0) is 22.7 Å². The Morgan fingerprint density at radius 1 is 1.19 bits per heavy atom. The van der Waals surface area contributed by atoms with Crippen molar-refractivity contribution in [3.63, 3.8) is 0 Å². The second kappa shape index (κ2) is 8.12. The molecule has 3 aromatic rings. The third-order valence-corrected chi connectivity index (χ3v) is 7.12. The number of anilines is 1. The molecule has 1 unspecified atom stereocenters. The lowest BCUT2D eigenvalue weighted by Gasteiger charge is -2.29. The van der Waals surface area contributed by atoms with E-state index in [0.717, 1.165) is 19.3 Å². The minimum Gasteiger partial charge on any atom is -0.382 e. The molecule has 0 spiro atoms. The van der Waals surface area contributed by atoms with Crippen LogP contribution in [0, 0.1) is 29.5 Å². The van der Waals surface area contributed by atoms with E-state index in [-0.39, 0.29) is 53.4 Å². The molecule has 5 rings (SSSR count). The largest absolute Gasteiger partial charge is 0.382 e. The van der Waals surface area contributed by atoms with E-state index in [0.29, 0.717) is 16.7 Å². The highest BCUT2D eigenvalue weighted by molar-refractivity contribution is 6.30. The van der Waals surface area contributed by atoms with Gasteiger partial charge in [-0.2, -0.15) is 0 Å². The third kappa shape index (κ3) is 3.50. The molecular weight excluding hydrogens is 435 g/mol. The molecule has 2 heterocycles. The van der Waals surface area contributed by atoms with Crippen LogP contribution in [0.3, 0.4) is 0 Å². The number of carbonyl (C=O) groups excluding carboxylic acids is 2. The maximum Gasteiger partial charge on any atom is 0.224 e. The van der Waals surface area contributed by atoms with Crippen molar-refractivity contribution in [3.8, 4) is 0 Å². The van der Waals surface area contributed by atoms with Gasteiger partial charge in [0.2, 0.25) is 5.91 Å². The zero-order chi connectivity index (χ0) is 22.4. The molecule has 2 aliphatic carbocycles. The monoisotopic (exact) mass is 456 g/mol. The number of rotatable bonds is 6. The van der Waals surface area contributed by atoms with E-state index in [1.165, 1.54) is 18.7 Å². The van der Waals surface area contributed by atoms with Crippen LogP contribution in [0.25, 0.3) is 11.2 Å². The van der Waals surface area contributed by atoms with E-state index in [1.54, 1.807) is 16.7 Å². The number of carbonyl (C=O) groups is 2. The van der Waals surface area contributed by atoms with Crippen molar-refractivity contribution >= 4 is 40.3 Å². The van der Waals surface area contributed by atoms with Crippen molar-refractivity contribution in [1.29, 1.82) is 0 Å². The predicted molar refractivity (Wildman–Crippen MR) is 116 cm³/mol. The van der Waals surface area contributed by atoms with Crippen molar-refractivity contribution in [2.45, 2.75) is 32.4 Å². The number of amides is 1. The van der Waals surface area contributed by atoms with Gasteiger partial charge in [-0.3, -0.25) is 9.59 Å². The number of fused-ring (bicyclic) bond motifs is 3. The van der Waals surface area contributed by atoms with Crippen LogP contribution in [0.5, 0.6) is 0 Å². The summed E-state index contributed by atoms with van der Waals surface area (Å²) in [5.74, 6) is -0.974. The molecule has 2 bridgehead atoms. The van der Waals surface area contributed by atoms with Gasteiger partial charge in [0.25, 0.3) is 0 Å². The summed E-state index contributed by atoms with van der Waals surface area (Å²) < 4.78 is 15.8. The molecule has 1 amide bonds. The molecule has 8 nitrogen and oxygen atoms in total. The standard InChI is InChI=1S/C22H22ClFN6O2/c23-14-3-1-2-13(18(14)24)7-26-22(32)17-12-5-4-11(6-12)16(17)15(31)8-30-10-29-19-20(25)27-9-28-21(19)30/h1-3,9-12,16-17H,4-8H2,(H,26,32)(H2,25,27,28)/t11-,12+,16?,17-/m1/s1.